The molecule has 1 aliphatic heterocycles. The first-order valence-corrected chi connectivity index (χ1v) is 7.67. The van der Waals surface area contributed by atoms with E-state index in [9.17, 15) is 14.4 Å². The number of hydrogen-bond donors (Lipinski definition) is 5. The van der Waals surface area contributed by atoms with E-state index in [0.29, 0.717) is 0 Å². The zero-order valence-corrected chi connectivity index (χ0v) is 13.2. The van der Waals surface area contributed by atoms with E-state index in [0.717, 1.165) is 19.4 Å². The normalized spacial score (nSPS) is 20.9. The molecule has 0 spiro atoms. The maximum Gasteiger partial charge on any atom is 0.326 e. The van der Waals surface area contributed by atoms with Gasteiger partial charge in [0.2, 0.25) is 11.8 Å². The molecule has 0 saturated carbocycles. The Morgan fingerprint density at radius 2 is 2.00 bits per heavy atom. The van der Waals surface area contributed by atoms with E-state index < -0.39 is 24.0 Å². The van der Waals surface area contributed by atoms with Gasteiger partial charge in [0, 0.05) is 5.75 Å². The number of rotatable bonds is 7. The fourth-order valence-corrected chi connectivity index (χ4v) is 2.40. The Morgan fingerprint density at radius 1 is 1.33 bits per heavy atom. The van der Waals surface area contributed by atoms with Gasteiger partial charge in [0.25, 0.3) is 0 Å². The zero-order chi connectivity index (χ0) is 16.0. The Labute approximate surface area is 129 Å². The average Bonchev–Trinajstić information content (AvgIpc) is 2.94. The number of carbonyl (C=O) groups is 3. The highest BCUT2D eigenvalue weighted by Crippen LogP contribution is 2.06. The van der Waals surface area contributed by atoms with E-state index in [1.165, 1.54) is 0 Å². The molecular formula is C13H23N3O4S. The molecule has 8 heteroatoms. The maximum atomic E-state index is 12.1. The molecule has 1 saturated heterocycles. The smallest absolute Gasteiger partial charge is 0.326 e. The van der Waals surface area contributed by atoms with Gasteiger partial charge in [-0.05, 0) is 25.3 Å². The summed E-state index contributed by atoms with van der Waals surface area (Å²) in [5, 5.41) is 17.2. The Hall–Kier alpha value is -1.28. The molecule has 0 aromatic rings. The van der Waals surface area contributed by atoms with Gasteiger partial charge in [0.1, 0.15) is 12.1 Å². The molecule has 2 amide bonds. The topological polar surface area (TPSA) is 108 Å². The van der Waals surface area contributed by atoms with E-state index >= 15 is 0 Å². The van der Waals surface area contributed by atoms with E-state index in [2.05, 4.69) is 28.6 Å². The molecule has 120 valence electrons. The van der Waals surface area contributed by atoms with Gasteiger partial charge in [0.15, 0.2) is 0 Å². The number of nitrogens with one attached hydrogen (secondary N) is 3. The number of hydrogen-bond acceptors (Lipinski definition) is 5. The summed E-state index contributed by atoms with van der Waals surface area (Å²) in [5.41, 5.74) is 0. The van der Waals surface area contributed by atoms with Gasteiger partial charge in [-0.1, -0.05) is 13.8 Å². The van der Waals surface area contributed by atoms with Crippen molar-refractivity contribution in [1.29, 1.82) is 0 Å². The van der Waals surface area contributed by atoms with Crippen molar-refractivity contribution in [3.8, 4) is 0 Å². The van der Waals surface area contributed by atoms with Crippen molar-refractivity contribution in [2.45, 2.75) is 44.8 Å². The van der Waals surface area contributed by atoms with E-state index in [1.54, 1.807) is 13.8 Å². The summed E-state index contributed by atoms with van der Waals surface area (Å²) in [5.74, 6) is -2.02. The number of carboxylic acid groups (broad SMARTS) is 1. The minimum Gasteiger partial charge on any atom is -0.480 e. The van der Waals surface area contributed by atoms with Gasteiger partial charge in [-0.2, -0.15) is 12.6 Å². The monoisotopic (exact) mass is 317 g/mol. The highest BCUT2D eigenvalue weighted by Gasteiger charge is 2.30. The third-order valence-electron chi connectivity index (χ3n) is 3.42. The lowest BCUT2D eigenvalue weighted by Gasteiger charge is -2.23. The summed E-state index contributed by atoms with van der Waals surface area (Å²) in [6, 6.07) is -2.12. The first-order valence-electron chi connectivity index (χ1n) is 7.04. The lowest BCUT2D eigenvalue weighted by Crippen LogP contribution is -2.56. The van der Waals surface area contributed by atoms with Crippen LogP contribution in [-0.4, -0.2) is 53.3 Å². The molecule has 0 aromatic heterocycles. The van der Waals surface area contributed by atoms with Gasteiger partial charge in [-0.15, -0.1) is 0 Å². The lowest BCUT2D eigenvalue weighted by atomic mass is 10.0. The van der Waals surface area contributed by atoms with Crippen LogP contribution in [0.2, 0.25) is 0 Å². The minimum absolute atomic E-state index is 0.106. The van der Waals surface area contributed by atoms with Crippen LogP contribution in [0.15, 0.2) is 0 Å². The maximum absolute atomic E-state index is 12.1. The summed E-state index contributed by atoms with van der Waals surface area (Å²) in [7, 11) is 0. The molecule has 1 aliphatic rings. The number of carboxylic acids is 1. The number of aliphatic carboxylic acids is 1. The van der Waals surface area contributed by atoms with Crippen LogP contribution in [0.3, 0.4) is 0 Å². The first-order chi connectivity index (χ1) is 9.86. The predicted molar refractivity (Wildman–Crippen MR) is 81.2 cm³/mol. The van der Waals surface area contributed by atoms with Crippen molar-refractivity contribution in [2.75, 3.05) is 12.3 Å². The van der Waals surface area contributed by atoms with Crippen molar-refractivity contribution in [2.24, 2.45) is 5.92 Å². The van der Waals surface area contributed by atoms with Gasteiger partial charge >= 0.3 is 5.97 Å². The summed E-state index contributed by atoms with van der Waals surface area (Å²) >= 11 is 4.05. The van der Waals surface area contributed by atoms with Crippen LogP contribution in [0.5, 0.6) is 0 Å². The van der Waals surface area contributed by atoms with Crippen molar-refractivity contribution in [1.82, 2.24) is 16.0 Å². The molecule has 3 unspecified atom stereocenters. The summed E-state index contributed by atoms with van der Waals surface area (Å²) in [6.45, 7) is 4.19. The second kappa shape index (κ2) is 8.23. The number of carbonyl (C=O) groups excluding carboxylic acids is 2. The molecule has 0 aromatic carbocycles. The van der Waals surface area contributed by atoms with Crippen LogP contribution in [-0.2, 0) is 14.4 Å². The Morgan fingerprint density at radius 3 is 2.43 bits per heavy atom. The van der Waals surface area contributed by atoms with Crippen LogP contribution < -0.4 is 16.0 Å². The van der Waals surface area contributed by atoms with Crippen LogP contribution >= 0.6 is 12.6 Å². The van der Waals surface area contributed by atoms with E-state index in [4.69, 9.17) is 5.11 Å². The van der Waals surface area contributed by atoms with Crippen molar-refractivity contribution in [3.63, 3.8) is 0 Å². The standard InChI is InChI=1S/C13H23N3O4S/c1-7(2)10(13(19)20)16-12(18)9(6-21)15-11(17)8-4-3-5-14-8/h7-10,14,21H,3-6H2,1-2H3,(H,15,17)(H,16,18)(H,19,20). The van der Waals surface area contributed by atoms with Crippen LogP contribution in [0.25, 0.3) is 0 Å². The Balaban J connectivity index is 2.59. The minimum atomic E-state index is -1.10. The zero-order valence-electron chi connectivity index (χ0n) is 12.3. The summed E-state index contributed by atoms with van der Waals surface area (Å²) in [4.78, 5) is 35.1. The van der Waals surface area contributed by atoms with Gasteiger partial charge in [0.05, 0.1) is 6.04 Å². The number of amides is 2. The first kappa shape index (κ1) is 17.8. The molecule has 4 N–H and O–H groups in total. The SMILES string of the molecule is CC(C)C(NC(=O)C(CS)NC(=O)C1CCCN1)C(=O)O. The van der Waals surface area contributed by atoms with Crippen LogP contribution in [0.4, 0.5) is 0 Å². The van der Waals surface area contributed by atoms with E-state index in [1.807, 2.05) is 0 Å². The summed E-state index contributed by atoms with van der Waals surface area (Å²) < 4.78 is 0. The highest BCUT2D eigenvalue weighted by atomic mass is 32.1. The lowest BCUT2D eigenvalue weighted by molar-refractivity contribution is -0.143. The molecule has 0 aliphatic carbocycles. The van der Waals surface area contributed by atoms with Crippen molar-refractivity contribution in [3.05, 3.63) is 0 Å². The van der Waals surface area contributed by atoms with E-state index in [-0.39, 0.29) is 23.6 Å². The Bertz CT molecular complexity index is 397. The average molecular weight is 317 g/mol. The predicted octanol–water partition coefficient (Wildman–Crippen LogP) is -0.622. The van der Waals surface area contributed by atoms with Gasteiger partial charge in [-0.3, -0.25) is 9.59 Å². The molecule has 0 bridgehead atoms. The fourth-order valence-electron chi connectivity index (χ4n) is 2.14. The molecule has 21 heavy (non-hydrogen) atoms. The molecule has 1 fully saturated rings. The quantitative estimate of drug-likeness (QED) is 0.402. The largest absolute Gasteiger partial charge is 0.480 e. The second-order valence-corrected chi connectivity index (χ2v) is 5.83. The Kier molecular flexibility index (Phi) is 6.97. The molecular weight excluding hydrogens is 294 g/mol. The van der Waals surface area contributed by atoms with Crippen LogP contribution in [0, 0.1) is 5.92 Å². The molecule has 3 atom stereocenters. The third-order valence-corrected chi connectivity index (χ3v) is 3.79. The van der Waals surface area contributed by atoms with Gasteiger partial charge < -0.3 is 21.1 Å². The fraction of sp³-hybridized carbons (Fsp3) is 0.769. The van der Waals surface area contributed by atoms with Gasteiger partial charge in [-0.25, -0.2) is 4.79 Å². The number of thiol groups is 1. The highest BCUT2D eigenvalue weighted by molar-refractivity contribution is 7.80. The second-order valence-electron chi connectivity index (χ2n) is 5.46. The summed E-state index contributed by atoms with van der Waals surface area (Å²) in [6.07, 6.45) is 1.65. The third kappa shape index (κ3) is 5.20. The molecule has 7 nitrogen and oxygen atoms in total. The van der Waals surface area contributed by atoms with Crippen molar-refractivity contribution < 1.29 is 19.5 Å². The molecule has 1 rings (SSSR count). The molecule has 0 radical (unpaired) electrons. The van der Waals surface area contributed by atoms with Crippen LogP contribution in [0.1, 0.15) is 26.7 Å². The molecule has 1 heterocycles. The van der Waals surface area contributed by atoms with Crippen molar-refractivity contribution >= 4 is 30.4 Å².